The van der Waals surface area contributed by atoms with Crippen LogP contribution in [0.2, 0.25) is 0 Å². The van der Waals surface area contributed by atoms with Gasteiger partial charge in [0.2, 0.25) is 0 Å². The zero-order valence-electron chi connectivity index (χ0n) is 5.39. The van der Waals surface area contributed by atoms with E-state index in [-0.39, 0.29) is 6.61 Å². The lowest BCUT2D eigenvalue weighted by Crippen LogP contribution is -2.13. The molecule has 1 unspecified atom stereocenters. The van der Waals surface area contributed by atoms with E-state index in [0.717, 1.165) is 5.92 Å². The Balaban J connectivity index is 3.17. The van der Waals surface area contributed by atoms with Gasteiger partial charge in [-0.15, -0.1) is 0 Å². The number of rotatable bonds is 3. The van der Waals surface area contributed by atoms with Gasteiger partial charge in [-0.25, -0.2) is 0 Å². The molecule has 2 heteroatoms. The van der Waals surface area contributed by atoms with Crippen molar-refractivity contribution >= 4 is 0 Å². The molecular formula is C6H13O2. The van der Waals surface area contributed by atoms with Crippen molar-refractivity contribution in [3.63, 3.8) is 0 Å². The van der Waals surface area contributed by atoms with E-state index < -0.39 is 6.10 Å². The van der Waals surface area contributed by atoms with Crippen molar-refractivity contribution in [2.24, 2.45) is 0 Å². The summed E-state index contributed by atoms with van der Waals surface area (Å²) in [5.74, 6) is 0.957. The van der Waals surface area contributed by atoms with Gasteiger partial charge < -0.3 is 10.2 Å². The van der Waals surface area contributed by atoms with E-state index in [4.69, 9.17) is 10.2 Å². The topological polar surface area (TPSA) is 40.5 Å². The Bertz CT molecular complexity index is 52.5. The van der Waals surface area contributed by atoms with Crippen molar-refractivity contribution in [3.8, 4) is 0 Å². The highest BCUT2D eigenvalue weighted by Crippen LogP contribution is 2.05. The smallest absolute Gasteiger partial charge is 0.0619 e. The molecule has 0 bridgehead atoms. The molecule has 2 nitrogen and oxygen atoms in total. The fourth-order valence-corrected chi connectivity index (χ4v) is 0.411. The standard InChI is InChI=1S/C6H13O2/c1-5(2)6(8)3-4-7/h6-8H,3-4H2,1-2H3. The van der Waals surface area contributed by atoms with Gasteiger partial charge in [0.05, 0.1) is 6.10 Å². The Labute approximate surface area is 50.2 Å². The molecule has 0 saturated carbocycles. The summed E-state index contributed by atoms with van der Waals surface area (Å²) in [6, 6.07) is 0. The quantitative estimate of drug-likeness (QED) is 0.559. The van der Waals surface area contributed by atoms with Crippen LogP contribution in [-0.4, -0.2) is 22.9 Å². The summed E-state index contributed by atoms with van der Waals surface area (Å²) in [4.78, 5) is 0. The molecular weight excluding hydrogens is 104 g/mol. The third kappa shape index (κ3) is 2.99. The Hall–Kier alpha value is -0.0800. The number of hydrogen-bond donors (Lipinski definition) is 2. The van der Waals surface area contributed by atoms with E-state index in [1.165, 1.54) is 0 Å². The summed E-state index contributed by atoms with van der Waals surface area (Å²) in [5.41, 5.74) is 0. The lowest BCUT2D eigenvalue weighted by Gasteiger charge is -2.10. The Kier molecular flexibility index (Phi) is 3.83. The van der Waals surface area contributed by atoms with E-state index in [9.17, 15) is 0 Å². The Morgan fingerprint density at radius 3 is 2.12 bits per heavy atom. The minimum atomic E-state index is -0.417. The number of hydrogen-bond acceptors (Lipinski definition) is 2. The van der Waals surface area contributed by atoms with E-state index in [2.05, 4.69) is 0 Å². The molecule has 0 fully saturated rings. The van der Waals surface area contributed by atoms with E-state index in [1.807, 2.05) is 13.8 Å². The summed E-state index contributed by atoms with van der Waals surface area (Å²) in [6.45, 7) is 3.76. The highest BCUT2D eigenvalue weighted by atomic mass is 16.3. The van der Waals surface area contributed by atoms with Crippen LogP contribution in [0.3, 0.4) is 0 Å². The molecule has 2 N–H and O–H groups in total. The third-order valence-corrected chi connectivity index (χ3v) is 1.07. The lowest BCUT2D eigenvalue weighted by atomic mass is 10.1. The second kappa shape index (κ2) is 3.87. The molecule has 0 heterocycles. The van der Waals surface area contributed by atoms with Gasteiger partial charge in [-0.2, -0.15) is 0 Å². The third-order valence-electron chi connectivity index (χ3n) is 1.07. The number of aliphatic hydroxyl groups excluding tert-OH is 2. The first-order chi connectivity index (χ1) is 3.68. The molecule has 8 heavy (non-hydrogen) atoms. The maximum atomic E-state index is 8.93. The first-order valence-corrected chi connectivity index (χ1v) is 2.77. The molecule has 0 saturated heterocycles. The summed E-state index contributed by atoms with van der Waals surface area (Å²) < 4.78 is 0. The van der Waals surface area contributed by atoms with Gasteiger partial charge >= 0.3 is 0 Å². The molecule has 0 aromatic heterocycles. The molecule has 1 atom stereocenters. The van der Waals surface area contributed by atoms with Gasteiger partial charge in [0.15, 0.2) is 0 Å². The maximum Gasteiger partial charge on any atom is 0.0619 e. The van der Waals surface area contributed by atoms with Gasteiger partial charge in [0.25, 0.3) is 0 Å². The first-order valence-electron chi connectivity index (χ1n) is 2.77. The molecule has 0 aliphatic rings. The van der Waals surface area contributed by atoms with Gasteiger partial charge in [-0.3, -0.25) is 0 Å². The zero-order chi connectivity index (χ0) is 6.57. The summed E-state index contributed by atoms with van der Waals surface area (Å²) in [7, 11) is 0. The molecule has 49 valence electrons. The van der Waals surface area contributed by atoms with Crippen LogP contribution in [0.1, 0.15) is 20.3 Å². The molecule has 0 aromatic rings. The SMILES string of the molecule is C[C](C)C(O)CCO. The summed E-state index contributed by atoms with van der Waals surface area (Å²) >= 11 is 0. The first kappa shape index (κ1) is 7.92. The molecule has 0 aliphatic heterocycles. The molecule has 0 rings (SSSR count). The Morgan fingerprint density at radius 1 is 1.50 bits per heavy atom. The second-order valence-corrected chi connectivity index (χ2v) is 2.11. The zero-order valence-corrected chi connectivity index (χ0v) is 5.39. The largest absolute Gasteiger partial charge is 0.396 e. The fourth-order valence-electron chi connectivity index (χ4n) is 0.411. The van der Waals surface area contributed by atoms with Gasteiger partial charge in [0.1, 0.15) is 0 Å². The van der Waals surface area contributed by atoms with Crippen LogP contribution < -0.4 is 0 Å². The highest BCUT2D eigenvalue weighted by Gasteiger charge is 2.06. The van der Waals surface area contributed by atoms with Gasteiger partial charge in [-0.05, 0) is 12.3 Å². The van der Waals surface area contributed by atoms with Crippen molar-refractivity contribution in [2.75, 3.05) is 6.61 Å². The maximum absolute atomic E-state index is 8.93. The van der Waals surface area contributed by atoms with Crippen molar-refractivity contribution in [2.45, 2.75) is 26.4 Å². The van der Waals surface area contributed by atoms with Crippen LogP contribution in [0.4, 0.5) is 0 Å². The van der Waals surface area contributed by atoms with Crippen molar-refractivity contribution < 1.29 is 10.2 Å². The average molecular weight is 117 g/mol. The summed E-state index contributed by atoms with van der Waals surface area (Å²) in [6.07, 6.45) is 0.0440. The molecule has 0 aliphatic carbocycles. The monoisotopic (exact) mass is 117 g/mol. The minimum absolute atomic E-state index is 0.0619. The predicted octanol–water partition coefficient (Wildman–Crippen LogP) is 0.344. The molecule has 0 spiro atoms. The number of aliphatic hydroxyl groups is 2. The summed E-state index contributed by atoms with van der Waals surface area (Å²) in [5, 5.41) is 17.2. The van der Waals surface area contributed by atoms with Gasteiger partial charge in [0, 0.05) is 6.61 Å². The normalized spacial score (nSPS) is 14.6. The van der Waals surface area contributed by atoms with E-state index in [0.29, 0.717) is 6.42 Å². The van der Waals surface area contributed by atoms with Crippen LogP contribution >= 0.6 is 0 Å². The van der Waals surface area contributed by atoms with Crippen LogP contribution in [-0.2, 0) is 0 Å². The van der Waals surface area contributed by atoms with E-state index >= 15 is 0 Å². The van der Waals surface area contributed by atoms with Crippen LogP contribution in [0.15, 0.2) is 0 Å². The van der Waals surface area contributed by atoms with Crippen molar-refractivity contribution in [1.82, 2.24) is 0 Å². The highest BCUT2D eigenvalue weighted by molar-refractivity contribution is 4.85. The molecule has 1 radical (unpaired) electrons. The van der Waals surface area contributed by atoms with Crippen molar-refractivity contribution in [3.05, 3.63) is 5.92 Å². The molecule has 0 amide bonds. The molecule has 0 aromatic carbocycles. The van der Waals surface area contributed by atoms with Crippen LogP contribution in [0.5, 0.6) is 0 Å². The van der Waals surface area contributed by atoms with E-state index in [1.54, 1.807) is 0 Å². The van der Waals surface area contributed by atoms with Gasteiger partial charge in [-0.1, -0.05) is 13.8 Å². The second-order valence-electron chi connectivity index (χ2n) is 2.11. The van der Waals surface area contributed by atoms with Crippen LogP contribution in [0, 0.1) is 5.92 Å². The minimum Gasteiger partial charge on any atom is -0.396 e. The lowest BCUT2D eigenvalue weighted by molar-refractivity contribution is 0.144. The Morgan fingerprint density at radius 2 is 2.00 bits per heavy atom. The van der Waals surface area contributed by atoms with Crippen molar-refractivity contribution in [1.29, 1.82) is 0 Å². The fraction of sp³-hybridized carbons (Fsp3) is 0.833. The predicted molar refractivity (Wildman–Crippen MR) is 32.3 cm³/mol. The average Bonchev–Trinajstić information content (AvgIpc) is 1.67. The van der Waals surface area contributed by atoms with Crippen LogP contribution in [0.25, 0.3) is 0 Å².